The number of benzene rings is 1. The van der Waals surface area contributed by atoms with Gasteiger partial charge in [-0.25, -0.2) is 9.07 Å². The molecule has 94 valence electrons. The first-order chi connectivity index (χ1) is 8.72. The SMILES string of the molecule is CNC(Cn1ncccc1=O)c1ccccc1F. The zero-order chi connectivity index (χ0) is 13.0. The Morgan fingerprint density at radius 2 is 2.11 bits per heavy atom. The van der Waals surface area contributed by atoms with Crippen molar-refractivity contribution in [2.24, 2.45) is 0 Å². The zero-order valence-corrected chi connectivity index (χ0v) is 10.0. The summed E-state index contributed by atoms with van der Waals surface area (Å²) in [6, 6.07) is 9.23. The number of aromatic nitrogens is 2. The summed E-state index contributed by atoms with van der Waals surface area (Å²) in [6.45, 7) is 0.289. The maximum atomic E-state index is 13.7. The average molecular weight is 247 g/mol. The van der Waals surface area contributed by atoms with E-state index in [0.717, 1.165) is 0 Å². The molecule has 0 aliphatic heterocycles. The van der Waals surface area contributed by atoms with Crippen LogP contribution in [0.15, 0.2) is 47.4 Å². The molecule has 0 amide bonds. The number of likely N-dealkylation sites (N-methyl/N-ethyl adjacent to an activating group) is 1. The van der Waals surface area contributed by atoms with Crippen LogP contribution < -0.4 is 10.9 Å². The van der Waals surface area contributed by atoms with E-state index in [4.69, 9.17) is 0 Å². The van der Waals surface area contributed by atoms with E-state index in [0.29, 0.717) is 5.56 Å². The smallest absolute Gasteiger partial charge is 0.266 e. The molecule has 0 spiro atoms. The molecule has 1 aromatic carbocycles. The van der Waals surface area contributed by atoms with Crippen LogP contribution in [0.4, 0.5) is 4.39 Å². The Hall–Kier alpha value is -2.01. The van der Waals surface area contributed by atoms with Gasteiger partial charge < -0.3 is 5.32 Å². The number of hydrogen-bond donors (Lipinski definition) is 1. The van der Waals surface area contributed by atoms with Gasteiger partial charge in [0, 0.05) is 17.8 Å². The maximum absolute atomic E-state index is 13.7. The Labute approximate surface area is 104 Å². The molecule has 1 aromatic heterocycles. The normalized spacial score (nSPS) is 12.3. The molecular formula is C13H14FN3O. The minimum absolute atomic E-state index is 0.200. The van der Waals surface area contributed by atoms with E-state index in [2.05, 4.69) is 10.4 Å². The highest BCUT2D eigenvalue weighted by molar-refractivity contribution is 5.21. The predicted molar refractivity (Wildman–Crippen MR) is 66.7 cm³/mol. The molecule has 2 rings (SSSR count). The molecule has 0 aliphatic rings. The molecule has 0 saturated carbocycles. The van der Waals surface area contributed by atoms with Crippen molar-refractivity contribution in [3.8, 4) is 0 Å². The van der Waals surface area contributed by atoms with Gasteiger partial charge in [-0.05, 0) is 19.2 Å². The molecule has 4 nitrogen and oxygen atoms in total. The Balaban J connectivity index is 2.29. The lowest BCUT2D eigenvalue weighted by Gasteiger charge is -2.17. The third-order valence-electron chi connectivity index (χ3n) is 2.77. The highest BCUT2D eigenvalue weighted by Gasteiger charge is 2.14. The number of nitrogens with one attached hydrogen (secondary N) is 1. The Bertz CT molecular complexity index is 582. The summed E-state index contributed by atoms with van der Waals surface area (Å²) in [5.74, 6) is -0.291. The van der Waals surface area contributed by atoms with Crippen LogP contribution in [-0.2, 0) is 6.54 Å². The van der Waals surface area contributed by atoms with E-state index in [1.807, 2.05) is 0 Å². The number of nitrogens with zero attached hydrogens (tertiary/aromatic N) is 2. The highest BCUT2D eigenvalue weighted by Crippen LogP contribution is 2.17. The lowest BCUT2D eigenvalue weighted by atomic mass is 10.1. The second kappa shape index (κ2) is 5.55. The minimum Gasteiger partial charge on any atom is -0.311 e. The minimum atomic E-state index is -0.293. The molecule has 0 saturated heterocycles. The molecule has 1 heterocycles. The van der Waals surface area contributed by atoms with Crippen LogP contribution in [0.3, 0.4) is 0 Å². The van der Waals surface area contributed by atoms with Crippen LogP contribution in [0.1, 0.15) is 11.6 Å². The van der Waals surface area contributed by atoms with Crippen molar-refractivity contribution in [1.82, 2.24) is 15.1 Å². The third-order valence-corrected chi connectivity index (χ3v) is 2.77. The van der Waals surface area contributed by atoms with E-state index in [9.17, 15) is 9.18 Å². The average Bonchev–Trinajstić information content (AvgIpc) is 2.39. The van der Waals surface area contributed by atoms with Gasteiger partial charge in [-0.15, -0.1) is 0 Å². The summed E-state index contributed by atoms with van der Waals surface area (Å²) in [6.07, 6.45) is 1.54. The predicted octanol–water partition coefficient (Wildman–Crippen LogP) is 1.34. The molecule has 1 N–H and O–H groups in total. The van der Waals surface area contributed by atoms with Gasteiger partial charge in [0.2, 0.25) is 0 Å². The quantitative estimate of drug-likeness (QED) is 0.887. The van der Waals surface area contributed by atoms with E-state index < -0.39 is 0 Å². The first-order valence-corrected chi connectivity index (χ1v) is 5.66. The van der Waals surface area contributed by atoms with Crippen molar-refractivity contribution in [2.75, 3.05) is 7.05 Å². The second-order valence-electron chi connectivity index (χ2n) is 3.91. The second-order valence-corrected chi connectivity index (χ2v) is 3.91. The number of hydrogen-bond acceptors (Lipinski definition) is 3. The molecule has 0 radical (unpaired) electrons. The van der Waals surface area contributed by atoms with E-state index in [-0.39, 0.29) is 24.0 Å². The van der Waals surface area contributed by atoms with Crippen LogP contribution in [0.25, 0.3) is 0 Å². The maximum Gasteiger partial charge on any atom is 0.266 e. The Kier molecular flexibility index (Phi) is 3.84. The third kappa shape index (κ3) is 2.62. The topological polar surface area (TPSA) is 46.9 Å². The summed E-state index contributed by atoms with van der Waals surface area (Å²) in [4.78, 5) is 11.6. The molecule has 0 bridgehead atoms. The van der Waals surface area contributed by atoms with E-state index >= 15 is 0 Å². The zero-order valence-electron chi connectivity index (χ0n) is 10.0. The molecule has 18 heavy (non-hydrogen) atoms. The molecule has 0 fully saturated rings. The number of halogens is 1. The van der Waals surface area contributed by atoms with Gasteiger partial charge in [-0.3, -0.25) is 4.79 Å². The van der Waals surface area contributed by atoms with Gasteiger partial charge in [0.05, 0.1) is 12.6 Å². The van der Waals surface area contributed by atoms with Crippen LogP contribution in [0, 0.1) is 5.82 Å². The van der Waals surface area contributed by atoms with Crippen molar-refractivity contribution in [2.45, 2.75) is 12.6 Å². The van der Waals surface area contributed by atoms with Crippen molar-refractivity contribution < 1.29 is 4.39 Å². The van der Waals surface area contributed by atoms with Gasteiger partial charge in [0.1, 0.15) is 5.82 Å². The molecule has 1 atom stereocenters. The van der Waals surface area contributed by atoms with Gasteiger partial charge in [0.15, 0.2) is 0 Å². The Morgan fingerprint density at radius 3 is 2.78 bits per heavy atom. The lowest BCUT2D eigenvalue weighted by molar-refractivity contribution is 0.436. The summed E-state index contributed by atoms with van der Waals surface area (Å²) >= 11 is 0. The van der Waals surface area contributed by atoms with Gasteiger partial charge in [-0.2, -0.15) is 5.10 Å². The summed E-state index contributed by atoms with van der Waals surface area (Å²) in [7, 11) is 1.73. The first-order valence-electron chi connectivity index (χ1n) is 5.66. The van der Waals surface area contributed by atoms with E-state index in [1.165, 1.54) is 23.0 Å². The largest absolute Gasteiger partial charge is 0.311 e. The van der Waals surface area contributed by atoms with Crippen molar-refractivity contribution in [3.63, 3.8) is 0 Å². The molecular weight excluding hydrogens is 233 g/mol. The standard InChI is InChI=1S/C13H14FN3O/c1-15-12(10-5-2-3-6-11(10)14)9-17-13(18)7-4-8-16-17/h2-8,12,15H,9H2,1H3. The van der Waals surface area contributed by atoms with Crippen molar-refractivity contribution >= 4 is 0 Å². The fourth-order valence-electron chi connectivity index (χ4n) is 1.80. The van der Waals surface area contributed by atoms with Gasteiger partial charge >= 0.3 is 0 Å². The van der Waals surface area contributed by atoms with Crippen LogP contribution in [-0.4, -0.2) is 16.8 Å². The van der Waals surface area contributed by atoms with Crippen molar-refractivity contribution in [3.05, 3.63) is 64.3 Å². The lowest BCUT2D eigenvalue weighted by Crippen LogP contribution is -2.30. The number of rotatable bonds is 4. The van der Waals surface area contributed by atoms with E-state index in [1.54, 1.807) is 31.3 Å². The van der Waals surface area contributed by atoms with Crippen LogP contribution >= 0.6 is 0 Å². The fourth-order valence-corrected chi connectivity index (χ4v) is 1.80. The molecule has 2 aromatic rings. The highest BCUT2D eigenvalue weighted by atomic mass is 19.1. The van der Waals surface area contributed by atoms with Gasteiger partial charge in [0.25, 0.3) is 5.56 Å². The first kappa shape index (κ1) is 12.4. The summed E-state index contributed by atoms with van der Waals surface area (Å²) in [5, 5.41) is 6.96. The summed E-state index contributed by atoms with van der Waals surface area (Å²) in [5.41, 5.74) is 0.326. The molecule has 1 unspecified atom stereocenters. The fraction of sp³-hybridized carbons (Fsp3) is 0.231. The van der Waals surface area contributed by atoms with Crippen LogP contribution in [0.2, 0.25) is 0 Å². The van der Waals surface area contributed by atoms with Gasteiger partial charge in [-0.1, -0.05) is 18.2 Å². The molecule has 0 aliphatic carbocycles. The summed E-state index contributed by atoms with van der Waals surface area (Å²) < 4.78 is 15.0. The Morgan fingerprint density at radius 1 is 1.33 bits per heavy atom. The van der Waals surface area contributed by atoms with Crippen molar-refractivity contribution in [1.29, 1.82) is 0 Å². The van der Waals surface area contributed by atoms with Crippen LogP contribution in [0.5, 0.6) is 0 Å². The monoisotopic (exact) mass is 247 g/mol. The molecule has 5 heteroatoms.